The van der Waals surface area contributed by atoms with Crippen molar-refractivity contribution in [3.05, 3.63) is 41.0 Å². The molecule has 0 amide bonds. The Morgan fingerprint density at radius 3 is 3.00 bits per heavy atom. The van der Waals surface area contributed by atoms with Crippen molar-refractivity contribution in [1.82, 2.24) is 14.8 Å². The van der Waals surface area contributed by atoms with Crippen LogP contribution in [0.4, 0.5) is 5.69 Å². The Labute approximate surface area is 105 Å². The van der Waals surface area contributed by atoms with Gasteiger partial charge in [-0.3, -0.25) is 4.68 Å². The van der Waals surface area contributed by atoms with Crippen molar-refractivity contribution in [2.24, 2.45) is 0 Å². The quantitative estimate of drug-likeness (QED) is 0.737. The Kier molecular flexibility index (Phi) is 2.36. The molecule has 0 bridgehead atoms. The molecule has 0 aliphatic rings. The normalized spacial score (nSPS) is 11.1. The first-order valence-corrected chi connectivity index (χ1v) is 5.83. The van der Waals surface area contributed by atoms with E-state index in [1.165, 1.54) is 0 Å². The highest BCUT2D eigenvalue weighted by Gasteiger charge is 2.08. The number of anilines is 1. The molecular weight excluding hydrogens is 284 g/mol. The zero-order valence-electron chi connectivity index (χ0n) is 8.80. The van der Waals surface area contributed by atoms with Crippen LogP contribution in [0.2, 0.25) is 0 Å². The maximum Gasteiger partial charge on any atom is 0.217 e. The first-order chi connectivity index (χ1) is 8.22. The second-order valence-electron chi connectivity index (χ2n) is 3.66. The van der Waals surface area contributed by atoms with E-state index in [0.717, 1.165) is 4.47 Å². The topological polar surface area (TPSA) is 69.9 Å². The zero-order valence-corrected chi connectivity index (χ0v) is 10.4. The van der Waals surface area contributed by atoms with E-state index in [0.29, 0.717) is 29.2 Å². The van der Waals surface area contributed by atoms with Gasteiger partial charge in [-0.25, -0.2) is 4.98 Å². The first kappa shape index (κ1) is 10.3. The lowest BCUT2D eigenvalue weighted by atomic mass is 10.3. The number of rotatable bonds is 2. The highest BCUT2D eigenvalue weighted by atomic mass is 79.9. The molecule has 0 unspecified atom stereocenters. The Morgan fingerprint density at radius 1 is 1.41 bits per heavy atom. The average molecular weight is 293 g/mol. The summed E-state index contributed by atoms with van der Waals surface area (Å²) in [6.07, 6.45) is 3.58. The fourth-order valence-corrected chi connectivity index (χ4v) is 1.97. The molecule has 0 saturated heterocycles. The molecule has 1 aromatic carbocycles. The molecule has 86 valence electrons. The number of hydrogen-bond acceptors (Lipinski definition) is 4. The van der Waals surface area contributed by atoms with E-state index in [1.54, 1.807) is 16.9 Å². The lowest BCUT2D eigenvalue weighted by Crippen LogP contribution is -1.99. The summed E-state index contributed by atoms with van der Waals surface area (Å²) in [6.45, 7) is 0.486. The van der Waals surface area contributed by atoms with Crippen LogP contribution in [0.15, 0.2) is 39.5 Å². The minimum Gasteiger partial charge on any atom is -0.439 e. The predicted molar refractivity (Wildman–Crippen MR) is 67.5 cm³/mol. The van der Waals surface area contributed by atoms with Crippen LogP contribution >= 0.6 is 15.9 Å². The van der Waals surface area contributed by atoms with Crippen LogP contribution in [0, 0.1) is 0 Å². The molecule has 0 aliphatic carbocycles. The Hall–Kier alpha value is -1.82. The predicted octanol–water partition coefficient (Wildman–Crippen LogP) is 2.42. The van der Waals surface area contributed by atoms with Crippen LogP contribution < -0.4 is 5.73 Å². The van der Waals surface area contributed by atoms with Crippen molar-refractivity contribution >= 4 is 32.7 Å². The van der Waals surface area contributed by atoms with E-state index in [2.05, 4.69) is 26.0 Å². The number of nitrogens with zero attached hydrogens (tertiary/aromatic N) is 3. The summed E-state index contributed by atoms with van der Waals surface area (Å²) in [7, 11) is 0. The monoisotopic (exact) mass is 292 g/mol. The van der Waals surface area contributed by atoms with Gasteiger partial charge in [0.2, 0.25) is 5.89 Å². The molecule has 2 N–H and O–H groups in total. The number of oxazole rings is 1. The molecule has 6 heteroatoms. The Bertz CT molecular complexity index is 673. The molecule has 5 nitrogen and oxygen atoms in total. The standard InChI is InChI=1S/C11H9BrN4O/c12-7-4-14-16(5-7)6-10-15-11-8(13)2-1-3-9(11)17-10/h1-5H,6,13H2. The maximum absolute atomic E-state index is 5.81. The lowest BCUT2D eigenvalue weighted by Gasteiger charge is -1.94. The van der Waals surface area contributed by atoms with Gasteiger partial charge in [0.25, 0.3) is 0 Å². The minimum absolute atomic E-state index is 0.486. The van der Waals surface area contributed by atoms with Gasteiger partial charge in [-0.1, -0.05) is 6.07 Å². The van der Waals surface area contributed by atoms with Crippen molar-refractivity contribution in [3.8, 4) is 0 Å². The third-order valence-corrected chi connectivity index (χ3v) is 2.80. The third kappa shape index (κ3) is 1.91. The highest BCUT2D eigenvalue weighted by Crippen LogP contribution is 2.21. The van der Waals surface area contributed by atoms with Crippen molar-refractivity contribution in [2.45, 2.75) is 6.54 Å². The molecule has 17 heavy (non-hydrogen) atoms. The molecule has 2 aromatic heterocycles. The molecule has 0 spiro atoms. The largest absolute Gasteiger partial charge is 0.439 e. The van der Waals surface area contributed by atoms with Crippen molar-refractivity contribution in [1.29, 1.82) is 0 Å². The Morgan fingerprint density at radius 2 is 2.29 bits per heavy atom. The average Bonchev–Trinajstić information content (AvgIpc) is 2.86. The molecule has 0 fully saturated rings. The smallest absolute Gasteiger partial charge is 0.217 e. The summed E-state index contributed by atoms with van der Waals surface area (Å²) in [4.78, 5) is 4.35. The summed E-state index contributed by atoms with van der Waals surface area (Å²) >= 11 is 3.34. The van der Waals surface area contributed by atoms with Crippen LogP contribution in [0.5, 0.6) is 0 Å². The lowest BCUT2D eigenvalue weighted by molar-refractivity contribution is 0.491. The van der Waals surface area contributed by atoms with Gasteiger partial charge in [0.1, 0.15) is 12.1 Å². The van der Waals surface area contributed by atoms with E-state index in [1.807, 2.05) is 18.3 Å². The number of benzene rings is 1. The van der Waals surface area contributed by atoms with Gasteiger partial charge in [0, 0.05) is 6.20 Å². The van der Waals surface area contributed by atoms with Crippen molar-refractivity contribution < 1.29 is 4.42 Å². The summed E-state index contributed by atoms with van der Waals surface area (Å²) in [6, 6.07) is 5.50. The number of hydrogen-bond donors (Lipinski definition) is 1. The second kappa shape index (κ2) is 3.89. The summed E-state index contributed by atoms with van der Waals surface area (Å²) in [5, 5.41) is 4.14. The molecule has 0 saturated carbocycles. The molecule has 3 rings (SSSR count). The summed E-state index contributed by atoms with van der Waals surface area (Å²) < 4.78 is 8.26. The first-order valence-electron chi connectivity index (χ1n) is 5.04. The van der Waals surface area contributed by atoms with Crippen molar-refractivity contribution in [2.75, 3.05) is 5.73 Å². The number of nitrogens with two attached hydrogens (primary N) is 1. The number of halogens is 1. The molecule has 0 atom stereocenters. The van der Waals surface area contributed by atoms with Gasteiger partial charge in [-0.2, -0.15) is 5.10 Å². The van der Waals surface area contributed by atoms with Gasteiger partial charge in [-0.15, -0.1) is 0 Å². The van der Waals surface area contributed by atoms with E-state index >= 15 is 0 Å². The Balaban J connectivity index is 1.98. The summed E-state index contributed by atoms with van der Waals surface area (Å²) in [5.74, 6) is 0.591. The maximum atomic E-state index is 5.81. The fourth-order valence-electron chi connectivity index (χ4n) is 1.65. The molecule has 2 heterocycles. The fraction of sp³-hybridized carbons (Fsp3) is 0.0909. The number of nitrogen functional groups attached to an aromatic ring is 1. The van der Waals surface area contributed by atoms with Crippen molar-refractivity contribution in [3.63, 3.8) is 0 Å². The molecular formula is C11H9BrN4O. The van der Waals surface area contributed by atoms with Gasteiger partial charge in [0.15, 0.2) is 5.58 Å². The SMILES string of the molecule is Nc1cccc2oc(Cn3cc(Br)cn3)nc12. The molecule has 0 radical (unpaired) electrons. The minimum atomic E-state index is 0.486. The van der Waals surface area contributed by atoms with Crippen LogP contribution in [-0.2, 0) is 6.54 Å². The highest BCUT2D eigenvalue weighted by molar-refractivity contribution is 9.10. The van der Waals surface area contributed by atoms with E-state index in [-0.39, 0.29) is 0 Å². The zero-order chi connectivity index (χ0) is 11.8. The molecule has 0 aliphatic heterocycles. The van der Waals surface area contributed by atoms with Gasteiger partial charge in [0.05, 0.1) is 16.4 Å². The number of fused-ring (bicyclic) bond motifs is 1. The third-order valence-electron chi connectivity index (χ3n) is 2.39. The van der Waals surface area contributed by atoms with E-state index in [9.17, 15) is 0 Å². The van der Waals surface area contributed by atoms with Crippen LogP contribution in [0.25, 0.3) is 11.1 Å². The van der Waals surface area contributed by atoms with Gasteiger partial charge in [-0.05, 0) is 28.1 Å². The van der Waals surface area contributed by atoms with E-state index in [4.69, 9.17) is 10.2 Å². The van der Waals surface area contributed by atoms with Crippen LogP contribution in [0.3, 0.4) is 0 Å². The van der Waals surface area contributed by atoms with E-state index < -0.39 is 0 Å². The summed E-state index contributed by atoms with van der Waals surface area (Å²) in [5.41, 5.74) is 7.84. The second-order valence-corrected chi connectivity index (χ2v) is 4.57. The van der Waals surface area contributed by atoms with Gasteiger partial charge >= 0.3 is 0 Å². The number of aromatic nitrogens is 3. The van der Waals surface area contributed by atoms with Crippen LogP contribution in [-0.4, -0.2) is 14.8 Å². The molecule has 3 aromatic rings. The van der Waals surface area contributed by atoms with Crippen LogP contribution in [0.1, 0.15) is 5.89 Å². The van der Waals surface area contributed by atoms with Gasteiger partial charge < -0.3 is 10.2 Å². The number of para-hydroxylation sites is 1.